The van der Waals surface area contributed by atoms with Crippen molar-refractivity contribution in [1.82, 2.24) is 0 Å². The molecule has 0 aromatic heterocycles. The molecule has 2 rings (SSSR count). The fourth-order valence-corrected chi connectivity index (χ4v) is 3.73. The predicted molar refractivity (Wildman–Crippen MR) is 124 cm³/mol. The molecule has 8 heteroatoms. The monoisotopic (exact) mass is 465 g/mol. The molecule has 0 aliphatic carbocycles. The number of hydrogen-bond donors (Lipinski definition) is 3. The third-order valence-electron chi connectivity index (χ3n) is 5.78. The number of hydrogen-bond acceptors (Lipinski definition) is 8. The van der Waals surface area contributed by atoms with Gasteiger partial charge >= 0.3 is 5.97 Å². The van der Waals surface area contributed by atoms with Crippen LogP contribution in [0.5, 0.6) is 0 Å². The summed E-state index contributed by atoms with van der Waals surface area (Å²) in [6.07, 6.45) is 7.31. The maximum atomic E-state index is 12.4. The quantitative estimate of drug-likeness (QED) is 0.157. The van der Waals surface area contributed by atoms with Crippen molar-refractivity contribution in [2.75, 3.05) is 13.2 Å². The number of nitrogens with zero attached hydrogens (tertiary/aromatic N) is 1. The number of unbranched alkanes of at least 4 members (excludes halogenated alkanes) is 8. The Bertz CT molecular complexity index is 712. The van der Waals surface area contributed by atoms with Crippen LogP contribution in [0.15, 0.2) is 35.5 Å². The number of aliphatic hydroxyl groups excluding tert-OH is 2. The Morgan fingerprint density at radius 2 is 1.73 bits per heavy atom. The number of ether oxygens (including phenoxy) is 2. The van der Waals surface area contributed by atoms with Gasteiger partial charge in [-0.2, -0.15) is 0 Å². The van der Waals surface area contributed by atoms with Crippen molar-refractivity contribution in [3.63, 3.8) is 0 Å². The number of oxime groups is 1. The molecule has 33 heavy (non-hydrogen) atoms. The molecule has 8 nitrogen and oxygen atoms in total. The Hall–Kier alpha value is -2.00. The SMILES string of the molecule is CCCCCCCCCCCC(=O)O[C@@]1(O)C(=NOCc2ccccc2)CO[C@H](CO)[C@H]1O. The highest BCUT2D eigenvalue weighted by atomic mass is 16.7. The molecule has 1 saturated heterocycles. The molecule has 1 heterocycles. The normalized spacial score (nSPS) is 24.1. The first-order valence-electron chi connectivity index (χ1n) is 12.1. The van der Waals surface area contributed by atoms with Crippen molar-refractivity contribution in [1.29, 1.82) is 0 Å². The maximum Gasteiger partial charge on any atom is 0.308 e. The second-order valence-corrected chi connectivity index (χ2v) is 8.52. The van der Waals surface area contributed by atoms with E-state index in [-0.39, 0.29) is 25.3 Å². The molecule has 1 aromatic rings. The molecule has 0 radical (unpaired) electrons. The Morgan fingerprint density at radius 1 is 1.09 bits per heavy atom. The van der Waals surface area contributed by atoms with Crippen molar-refractivity contribution in [2.24, 2.45) is 5.16 Å². The zero-order valence-electron chi connectivity index (χ0n) is 19.7. The fraction of sp³-hybridized carbons (Fsp3) is 0.680. The summed E-state index contributed by atoms with van der Waals surface area (Å²) in [5.74, 6) is -3.06. The van der Waals surface area contributed by atoms with Crippen LogP contribution >= 0.6 is 0 Å². The van der Waals surface area contributed by atoms with Crippen LogP contribution in [0.2, 0.25) is 0 Å². The first kappa shape index (κ1) is 27.2. The zero-order chi connectivity index (χ0) is 23.9. The third-order valence-corrected chi connectivity index (χ3v) is 5.78. The van der Waals surface area contributed by atoms with Crippen LogP contribution in [0.25, 0.3) is 0 Å². The van der Waals surface area contributed by atoms with Crippen molar-refractivity contribution >= 4 is 11.7 Å². The molecule has 3 N–H and O–H groups in total. The minimum atomic E-state index is -2.42. The van der Waals surface area contributed by atoms with Gasteiger partial charge in [0.15, 0.2) is 11.8 Å². The smallest absolute Gasteiger partial charge is 0.308 e. The van der Waals surface area contributed by atoms with Crippen molar-refractivity contribution in [2.45, 2.75) is 95.7 Å². The van der Waals surface area contributed by atoms with Crippen LogP contribution in [0, 0.1) is 0 Å². The summed E-state index contributed by atoms with van der Waals surface area (Å²) in [6.45, 7) is 1.54. The van der Waals surface area contributed by atoms with Crippen LogP contribution in [-0.4, -0.2) is 58.2 Å². The Kier molecular flexibility index (Phi) is 12.4. The lowest BCUT2D eigenvalue weighted by Gasteiger charge is -2.40. The lowest BCUT2D eigenvalue weighted by atomic mass is 9.96. The molecule has 0 unspecified atom stereocenters. The maximum absolute atomic E-state index is 12.4. The molecule has 1 aliphatic rings. The van der Waals surface area contributed by atoms with Gasteiger partial charge in [-0.05, 0) is 12.0 Å². The molecular weight excluding hydrogens is 426 g/mol. The van der Waals surface area contributed by atoms with Gasteiger partial charge in [-0.1, -0.05) is 93.8 Å². The second kappa shape index (κ2) is 15.0. The summed E-state index contributed by atoms with van der Waals surface area (Å²) in [7, 11) is 0. The van der Waals surface area contributed by atoms with Gasteiger partial charge in [0, 0.05) is 6.42 Å². The van der Waals surface area contributed by atoms with E-state index in [0.29, 0.717) is 6.42 Å². The summed E-state index contributed by atoms with van der Waals surface area (Å²) in [5, 5.41) is 34.8. The number of carbonyl (C=O) groups is 1. The van der Waals surface area contributed by atoms with Crippen LogP contribution in [0.4, 0.5) is 0 Å². The van der Waals surface area contributed by atoms with Gasteiger partial charge in [-0.25, -0.2) is 0 Å². The van der Waals surface area contributed by atoms with E-state index in [1.54, 1.807) is 0 Å². The van der Waals surface area contributed by atoms with Crippen molar-refractivity contribution in [3.05, 3.63) is 35.9 Å². The highest BCUT2D eigenvalue weighted by molar-refractivity contribution is 5.94. The molecule has 1 fully saturated rings. The van der Waals surface area contributed by atoms with Gasteiger partial charge in [0.25, 0.3) is 5.79 Å². The van der Waals surface area contributed by atoms with Crippen LogP contribution in [0.3, 0.4) is 0 Å². The summed E-state index contributed by atoms with van der Waals surface area (Å²) in [5.41, 5.74) is 0.703. The van der Waals surface area contributed by atoms with Crippen LogP contribution in [0.1, 0.15) is 76.7 Å². The molecule has 186 valence electrons. The number of aliphatic hydroxyl groups is 3. The fourth-order valence-electron chi connectivity index (χ4n) is 3.73. The molecule has 1 aliphatic heterocycles. The van der Waals surface area contributed by atoms with E-state index in [2.05, 4.69) is 12.1 Å². The van der Waals surface area contributed by atoms with Crippen LogP contribution in [-0.2, 0) is 25.7 Å². The first-order chi connectivity index (χ1) is 16.0. The molecule has 0 amide bonds. The van der Waals surface area contributed by atoms with Crippen molar-refractivity contribution < 1.29 is 34.4 Å². The van der Waals surface area contributed by atoms with Gasteiger partial charge < -0.3 is 29.6 Å². The molecule has 0 saturated carbocycles. The predicted octanol–water partition coefficient (Wildman–Crippen LogP) is 3.46. The summed E-state index contributed by atoms with van der Waals surface area (Å²) in [6, 6.07) is 9.30. The second-order valence-electron chi connectivity index (χ2n) is 8.52. The first-order valence-corrected chi connectivity index (χ1v) is 12.1. The van der Waals surface area contributed by atoms with Gasteiger partial charge in [0.05, 0.1) is 13.2 Å². The number of benzene rings is 1. The average molecular weight is 466 g/mol. The highest BCUT2D eigenvalue weighted by Gasteiger charge is 2.53. The lowest BCUT2D eigenvalue weighted by molar-refractivity contribution is -0.249. The third kappa shape index (κ3) is 9.04. The molecular formula is C25H39NO7. The standard InChI is InChI=1S/C25H39NO7/c1-2-3-4-5-6-7-8-9-13-16-23(28)33-25(30)22(19-31-21(17-27)24(25)29)26-32-18-20-14-11-10-12-15-20/h10-12,14-15,21,24,27,29-30H,2-9,13,16-19H2,1H3/t21-,24-,25+/m1/s1. The lowest BCUT2D eigenvalue weighted by Crippen LogP contribution is -2.63. The van der Waals surface area contributed by atoms with Gasteiger partial charge in [-0.3, -0.25) is 4.79 Å². The van der Waals surface area contributed by atoms with Crippen LogP contribution < -0.4 is 0 Å². The minimum Gasteiger partial charge on any atom is -0.424 e. The summed E-state index contributed by atoms with van der Waals surface area (Å²) in [4.78, 5) is 17.7. The molecule has 0 bridgehead atoms. The molecule has 1 aromatic carbocycles. The van der Waals surface area contributed by atoms with E-state index in [4.69, 9.17) is 14.3 Å². The highest BCUT2D eigenvalue weighted by Crippen LogP contribution is 2.26. The zero-order valence-corrected chi connectivity index (χ0v) is 19.7. The van der Waals surface area contributed by atoms with E-state index in [1.165, 1.54) is 32.1 Å². The Morgan fingerprint density at radius 3 is 2.36 bits per heavy atom. The minimum absolute atomic E-state index is 0.119. The van der Waals surface area contributed by atoms with E-state index < -0.39 is 30.6 Å². The Labute approximate surface area is 196 Å². The van der Waals surface area contributed by atoms with Gasteiger partial charge in [-0.15, -0.1) is 0 Å². The Balaban J connectivity index is 1.84. The van der Waals surface area contributed by atoms with Gasteiger partial charge in [0.2, 0.25) is 0 Å². The number of esters is 1. The topological polar surface area (TPSA) is 118 Å². The van der Waals surface area contributed by atoms with E-state index in [1.807, 2.05) is 30.3 Å². The number of carbonyl (C=O) groups excluding carboxylic acids is 1. The van der Waals surface area contributed by atoms with Crippen molar-refractivity contribution in [3.8, 4) is 0 Å². The van der Waals surface area contributed by atoms with E-state index >= 15 is 0 Å². The number of rotatable bonds is 15. The van der Waals surface area contributed by atoms with Gasteiger partial charge in [0.1, 0.15) is 12.7 Å². The molecule has 3 atom stereocenters. The van der Waals surface area contributed by atoms with E-state index in [9.17, 15) is 20.1 Å². The van der Waals surface area contributed by atoms with E-state index in [0.717, 1.165) is 24.8 Å². The average Bonchev–Trinajstić information content (AvgIpc) is 2.82. The summed E-state index contributed by atoms with van der Waals surface area (Å²) >= 11 is 0. The largest absolute Gasteiger partial charge is 0.424 e. The summed E-state index contributed by atoms with van der Waals surface area (Å²) < 4.78 is 10.6. The molecule has 0 spiro atoms.